The van der Waals surface area contributed by atoms with Crippen molar-refractivity contribution in [2.75, 3.05) is 39.6 Å². The smallest absolute Gasteiger partial charge is 0.374 e. The van der Waals surface area contributed by atoms with Gasteiger partial charge in [0.1, 0.15) is 0 Å². The third-order valence-corrected chi connectivity index (χ3v) is 17.4. The van der Waals surface area contributed by atoms with E-state index in [0.29, 0.717) is 39.6 Å². The van der Waals surface area contributed by atoms with Crippen LogP contribution in [0.3, 0.4) is 0 Å². The first-order valence-corrected chi connectivity index (χ1v) is 23.2. The van der Waals surface area contributed by atoms with Crippen molar-refractivity contribution in [3.8, 4) is 0 Å². The topological polar surface area (TPSA) is 55.4 Å². The van der Waals surface area contributed by atoms with Crippen LogP contribution in [0.5, 0.6) is 0 Å². The SMILES string of the molecule is CCO[Si](CCCc1cccc(C)c1SSSc1c(C)cccc1CCC[Si](OCC)(OCC)OCC)(OCC)OCC. The van der Waals surface area contributed by atoms with Gasteiger partial charge in [-0.2, -0.15) is 0 Å². The summed E-state index contributed by atoms with van der Waals surface area (Å²) in [5, 5.41) is 0. The van der Waals surface area contributed by atoms with E-state index in [1.165, 1.54) is 32.0 Å². The molecule has 2 aromatic rings. The molecule has 0 spiro atoms. The minimum atomic E-state index is -2.64. The summed E-state index contributed by atoms with van der Waals surface area (Å²) < 4.78 is 36.5. The van der Waals surface area contributed by atoms with Crippen LogP contribution in [0.25, 0.3) is 0 Å². The Bertz CT molecular complexity index is 946. The van der Waals surface area contributed by atoms with Crippen molar-refractivity contribution in [1.82, 2.24) is 0 Å². The normalized spacial score (nSPS) is 12.3. The molecule has 0 atom stereocenters. The zero-order chi connectivity index (χ0) is 31.6. The highest BCUT2D eigenvalue weighted by molar-refractivity contribution is 9.09. The minimum absolute atomic E-state index is 0.612. The molecule has 0 saturated heterocycles. The van der Waals surface area contributed by atoms with E-state index in [1.807, 2.05) is 73.0 Å². The summed E-state index contributed by atoms with van der Waals surface area (Å²) in [5.41, 5.74) is 5.37. The molecular weight excluding hydrogens is 633 g/mol. The molecule has 0 radical (unpaired) electrons. The van der Waals surface area contributed by atoms with Crippen LogP contribution in [0, 0.1) is 13.8 Å². The van der Waals surface area contributed by atoms with Gasteiger partial charge in [-0.3, -0.25) is 0 Å². The number of hydrogen-bond acceptors (Lipinski definition) is 9. The van der Waals surface area contributed by atoms with Crippen molar-refractivity contribution in [1.29, 1.82) is 0 Å². The van der Waals surface area contributed by atoms with E-state index in [-0.39, 0.29) is 0 Å². The molecule has 2 aromatic carbocycles. The van der Waals surface area contributed by atoms with Crippen LogP contribution in [0.1, 0.15) is 76.6 Å². The van der Waals surface area contributed by atoms with E-state index >= 15 is 0 Å². The van der Waals surface area contributed by atoms with Gasteiger partial charge < -0.3 is 26.6 Å². The lowest BCUT2D eigenvalue weighted by molar-refractivity contribution is 0.0700. The molecule has 0 bridgehead atoms. The number of hydrogen-bond donors (Lipinski definition) is 0. The Morgan fingerprint density at radius 2 is 0.837 bits per heavy atom. The van der Waals surface area contributed by atoms with E-state index < -0.39 is 17.6 Å². The van der Waals surface area contributed by atoms with E-state index in [0.717, 1.165) is 37.8 Å². The van der Waals surface area contributed by atoms with Crippen molar-refractivity contribution >= 4 is 49.0 Å². The lowest BCUT2D eigenvalue weighted by Gasteiger charge is -2.28. The lowest BCUT2D eigenvalue weighted by atomic mass is 10.1. The van der Waals surface area contributed by atoms with Crippen LogP contribution >= 0.6 is 31.4 Å². The minimum Gasteiger partial charge on any atom is -0.374 e. The Morgan fingerprint density at radius 1 is 0.512 bits per heavy atom. The summed E-state index contributed by atoms with van der Waals surface area (Å²) in [6.45, 7) is 20.2. The molecule has 0 saturated carbocycles. The molecule has 0 fully saturated rings. The highest BCUT2D eigenvalue weighted by Gasteiger charge is 2.40. The summed E-state index contributed by atoms with van der Waals surface area (Å²) >= 11 is 0. The fraction of sp³-hybridized carbons (Fsp3) is 0.625. The van der Waals surface area contributed by atoms with Crippen molar-refractivity contribution in [2.24, 2.45) is 0 Å². The first-order valence-electron chi connectivity index (χ1n) is 15.8. The van der Waals surface area contributed by atoms with Gasteiger partial charge in [0.25, 0.3) is 0 Å². The van der Waals surface area contributed by atoms with Crippen molar-refractivity contribution < 1.29 is 26.6 Å². The number of rotatable bonds is 24. The quantitative estimate of drug-likeness (QED) is 0.0794. The molecule has 43 heavy (non-hydrogen) atoms. The summed E-state index contributed by atoms with van der Waals surface area (Å²) in [6.07, 6.45) is 3.88. The lowest BCUT2D eigenvalue weighted by Crippen LogP contribution is -2.46. The van der Waals surface area contributed by atoms with Gasteiger partial charge in [-0.25, -0.2) is 0 Å². The second-order valence-electron chi connectivity index (χ2n) is 10.0. The zero-order valence-electron chi connectivity index (χ0n) is 27.6. The van der Waals surface area contributed by atoms with Crippen molar-refractivity contribution in [3.63, 3.8) is 0 Å². The predicted octanol–water partition coefficient (Wildman–Crippen LogP) is 9.71. The van der Waals surface area contributed by atoms with Gasteiger partial charge >= 0.3 is 17.6 Å². The highest BCUT2D eigenvalue weighted by Crippen LogP contribution is 2.48. The molecule has 244 valence electrons. The van der Waals surface area contributed by atoms with E-state index in [9.17, 15) is 0 Å². The van der Waals surface area contributed by atoms with E-state index in [1.54, 1.807) is 0 Å². The maximum Gasteiger partial charge on any atom is 0.500 e. The Labute approximate surface area is 275 Å². The summed E-state index contributed by atoms with van der Waals surface area (Å²) in [4.78, 5) is 2.71. The fourth-order valence-electron chi connectivity index (χ4n) is 5.14. The third kappa shape index (κ3) is 12.8. The second-order valence-corrected chi connectivity index (χ2v) is 19.4. The van der Waals surface area contributed by atoms with E-state index in [4.69, 9.17) is 26.6 Å². The first kappa shape index (κ1) is 38.9. The average molecular weight is 687 g/mol. The van der Waals surface area contributed by atoms with Gasteiger partial charge in [0, 0.05) is 61.5 Å². The van der Waals surface area contributed by atoms with Gasteiger partial charge in [0.05, 0.1) is 0 Å². The molecule has 2 rings (SSSR count). The molecule has 0 aliphatic rings. The van der Waals surface area contributed by atoms with Gasteiger partial charge in [0.2, 0.25) is 0 Å². The van der Waals surface area contributed by atoms with Gasteiger partial charge in [-0.05, 0) is 135 Å². The highest BCUT2D eigenvalue weighted by atomic mass is 33.5. The van der Waals surface area contributed by atoms with Gasteiger partial charge in [-0.1, -0.05) is 36.4 Å². The molecule has 0 amide bonds. The maximum atomic E-state index is 6.08. The van der Waals surface area contributed by atoms with Crippen LogP contribution in [0.15, 0.2) is 46.2 Å². The largest absolute Gasteiger partial charge is 0.500 e. The Hall–Kier alpha value is -0.316. The summed E-state index contributed by atoms with van der Waals surface area (Å²) in [5.74, 6) is 0. The molecular formula is C32H54O6S3Si2. The van der Waals surface area contributed by atoms with Crippen LogP contribution in [0.4, 0.5) is 0 Å². The first-order chi connectivity index (χ1) is 20.8. The summed E-state index contributed by atoms with van der Waals surface area (Å²) in [7, 11) is 0.304. The third-order valence-electron chi connectivity index (χ3n) is 6.87. The summed E-state index contributed by atoms with van der Waals surface area (Å²) in [6, 6.07) is 14.9. The molecule has 0 aliphatic carbocycles. The maximum absolute atomic E-state index is 6.08. The van der Waals surface area contributed by atoms with Crippen LogP contribution in [0.2, 0.25) is 12.1 Å². The Morgan fingerprint density at radius 3 is 1.14 bits per heavy atom. The fourth-order valence-corrected chi connectivity index (χ4v) is 15.0. The molecule has 0 heterocycles. The average Bonchev–Trinajstić information content (AvgIpc) is 2.96. The van der Waals surface area contributed by atoms with Crippen LogP contribution < -0.4 is 0 Å². The van der Waals surface area contributed by atoms with E-state index in [2.05, 4.69) is 50.2 Å². The molecule has 0 aromatic heterocycles. The van der Waals surface area contributed by atoms with Crippen molar-refractivity contribution in [3.05, 3.63) is 58.7 Å². The predicted molar refractivity (Wildman–Crippen MR) is 189 cm³/mol. The standard InChI is InChI=1S/C32H54O6S3Si2/c1-9-33-42(34-10-2,35-11-3)25-17-23-29-21-15-19-27(7)31(29)39-41-40-32-28(8)20-16-22-30(32)24-18-26-43(36-12-4,37-13-5)38-14-6/h15-16,19-22H,9-14,17-18,23-26H2,1-8H3. The molecule has 0 aliphatic heterocycles. The number of benzene rings is 2. The molecule has 0 unspecified atom stereocenters. The van der Waals surface area contributed by atoms with Gasteiger partial charge in [-0.15, -0.1) is 0 Å². The van der Waals surface area contributed by atoms with Crippen LogP contribution in [-0.2, 0) is 39.4 Å². The molecule has 0 N–H and O–H groups in total. The Kier molecular flexibility index (Phi) is 19.4. The number of aryl methyl sites for hydroxylation is 4. The second kappa shape index (κ2) is 21.5. The molecule has 11 heteroatoms. The van der Waals surface area contributed by atoms with Crippen LogP contribution in [-0.4, -0.2) is 57.3 Å². The molecule has 6 nitrogen and oxygen atoms in total. The van der Waals surface area contributed by atoms with Crippen molar-refractivity contribution in [2.45, 2.75) is 103 Å². The van der Waals surface area contributed by atoms with Gasteiger partial charge in [0.15, 0.2) is 0 Å². The zero-order valence-corrected chi connectivity index (χ0v) is 32.1. The Balaban J connectivity index is 2.07. The monoisotopic (exact) mass is 686 g/mol.